The van der Waals surface area contributed by atoms with Crippen LogP contribution in [0.4, 0.5) is 4.39 Å². The third kappa shape index (κ3) is 4.66. The number of hydrogen-bond donors (Lipinski definition) is 3. The molecule has 2 rings (SSSR count). The van der Waals surface area contributed by atoms with Gasteiger partial charge in [0.05, 0.1) is 5.52 Å². The Labute approximate surface area is 146 Å². The number of carbonyl (C=O) groups is 1. The fourth-order valence-corrected chi connectivity index (χ4v) is 3.12. The van der Waals surface area contributed by atoms with Crippen molar-refractivity contribution in [1.29, 1.82) is 0 Å². The molecule has 0 fully saturated rings. The predicted octanol–water partition coefficient (Wildman–Crippen LogP) is 2.75. The third-order valence-electron chi connectivity index (χ3n) is 4.29. The normalized spacial score (nSPS) is 12.6. The first-order valence-electron chi connectivity index (χ1n) is 8.54. The van der Waals surface area contributed by atoms with Gasteiger partial charge < -0.3 is 15.4 Å². The minimum Gasteiger partial charge on any atom is -0.396 e. The van der Waals surface area contributed by atoms with Crippen LogP contribution < -0.4 is 10.7 Å². The smallest absolute Gasteiger partial charge is 0.256 e. The number of hydrogen-bond acceptors (Lipinski definition) is 3. The van der Waals surface area contributed by atoms with Crippen LogP contribution in [0.2, 0.25) is 0 Å². The first kappa shape index (κ1) is 19.1. The minimum absolute atomic E-state index is 0.0372. The molecule has 25 heavy (non-hydrogen) atoms. The molecule has 1 amide bonds. The molecule has 6 heteroatoms. The standard InChI is InChI=1S/C19H25FN2O3/c1-11(2)6-13(4-5-23)9-22-19(25)16-10-21-17-12(3)7-14(20)8-15(17)18(16)24/h7-8,10-11,13,23H,4-6,9H2,1-3H3,(H,21,24)(H,22,25)/t13-/m1/s1. The molecule has 3 N–H and O–H groups in total. The molecule has 2 aromatic rings. The predicted molar refractivity (Wildman–Crippen MR) is 96.2 cm³/mol. The van der Waals surface area contributed by atoms with Crippen LogP contribution in [0.25, 0.3) is 10.9 Å². The number of H-pyrrole nitrogens is 1. The first-order chi connectivity index (χ1) is 11.8. The summed E-state index contributed by atoms with van der Waals surface area (Å²) in [7, 11) is 0. The monoisotopic (exact) mass is 348 g/mol. The van der Waals surface area contributed by atoms with E-state index in [4.69, 9.17) is 5.11 Å². The van der Waals surface area contributed by atoms with Crippen molar-refractivity contribution in [2.24, 2.45) is 11.8 Å². The second-order valence-electron chi connectivity index (χ2n) is 6.89. The van der Waals surface area contributed by atoms with Crippen molar-refractivity contribution in [2.75, 3.05) is 13.2 Å². The van der Waals surface area contributed by atoms with Crippen molar-refractivity contribution in [1.82, 2.24) is 10.3 Å². The van der Waals surface area contributed by atoms with Crippen LogP contribution in [0.5, 0.6) is 0 Å². The van der Waals surface area contributed by atoms with Gasteiger partial charge in [-0.25, -0.2) is 4.39 Å². The average Bonchev–Trinajstić information content (AvgIpc) is 2.53. The Morgan fingerprint density at radius 1 is 1.36 bits per heavy atom. The fourth-order valence-electron chi connectivity index (χ4n) is 3.12. The number of aromatic nitrogens is 1. The van der Waals surface area contributed by atoms with Gasteiger partial charge in [0.1, 0.15) is 11.4 Å². The van der Waals surface area contributed by atoms with Gasteiger partial charge in [-0.1, -0.05) is 13.8 Å². The van der Waals surface area contributed by atoms with E-state index in [1.54, 1.807) is 6.92 Å². The van der Waals surface area contributed by atoms with Gasteiger partial charge in [-0.3, -0.25) is 9.59 Å². The number of pyridine rings is 1. The molecule has 1 atom stereocenters. The molecule has 0 spiro atoms. The third-order valence-corrected chi connectivity index (χ3v) is 4.29. The molecule has 0 bridgehead atoms. The average molecular weight is 348 g/mol. The molecule has 0 aliphatic rings. The maximum Gasteiger partial charge on any atom is 0.256 e. The van der Waals surface area contributed by atoms with Crippen LogP contribution >= 0.6 is 0 Å². The lowest BCUT2D eigenvalue weighted by molar-refractivity contribution is 0.0940. The van der Waals surface area contributed by atoms with Crippen LogP contribution in [-0.4, -0.2) is 29.1 Å². The maximum atomic E-state index is 13.6. The van der Waals surface area contributed by atoms with Crippen LogP contribution in [0.15, 0.2) is 23.1 Å². The van der Waals surface area contributed by atoms with Gasteiger partial charge in [0.15, 0.2) is 0 Å². The zero-order valence-corrected chi connectivity index (χ0v) is 14.9. The van der Waals surface area contributed by atoms with Crippen molar-refractivity contribution < 1.29 is 14.3 Å². The summed E-state index contributed by atoms with van der Waals surface area (Å²) in [6.45, 7) is 6.31. The van der Waals surface area contributed by atoms with E-state index in [1.165, 1.54) is 12.3 Å². The molecule has 1 aromatic carbocycles. The highest BCUT2D eigenvalue weighted by atomic mass is 19.1. The Morgan fingerprint density at radius 2 is 2.08 bits per heavy atom. The first-order valence-corrected chi connectivity index (χ1v) is 8.54. The molecule has 0 saturated heterocycles. The zero-order valence-electron chi connectivity index (χ0n) is 14.9. The Hall–Kier alpha value is -2.21. The Kier molecular flexibility index (Phi) is 6.31. The van der Waals surface area contributed by atoms with E-state index in [-0.39, 0.29) is 23.5 Å². The quantitative estimate of drug-likeness (QED) is 0.719. The lowest BCUT2D eigenvalue weighted by Crippen LogP contribution is -2.33. The number of aliphatic hydroxyl groups is 1. The summed E-state index contributed by atoms with van der Waals surface area (Å²) in [5.41, 5.74) is 0.612. The summed E-state index contributed by atoms with van der Waals surface area (Å²) < 4.78 is 13.6. The number of amides is 1. The van der Waals surface area contributed by atoms with E-state index in [9.17, 15) is 14.0 Å². The second kappa shape index (κ2) is 8.25. The lowest BCUT2D eigenvalue weighted by Gasteiger charge is -2.18. The highest BCUT2D eigenvalue weighted by molar-refractivity contribution is 5.97. The molecule has 0 saturated carbocycles. The number of halogens is 1. The number of aromatic amines is 1. The Balaban J connectivity index is 2.22. The van der Waals surface area contributed by atoms with Gasteiger partial charge in [0.2, 0.25) is 5.43 Å². The molecule has 0 unspecified atom stereocenters. The summed E-state index contributed by atoms with van der Waals surface area (Å²) in [6.07, 6.45) is 2.84. The molecular formula is C19H25FN2O3. The van der Waals surface area contributed by atoms with E-state index in [2.05, 4.69) is 24.1 Å². The molecular weight excluding hydrogens is 323 g/mol. The number of aliphatic hydroxyl groups excluding tert-OH is 1. The van der Waals surface area contributed by atoms with Crippen molar-refractivity contribution >= 4 is 16.8 Å². The molecule has 0 aliphatic heterocycles. The summed E-state index contributed by atoms with van der Waals surface area (Å²) >= 11 is 0. The Bertz CT molecular complexity index is 814. The highest BCUT2D eigenvalue weighted by Gasteiger charge is 2.17. The number of aryl methyl sites for hydroxylation is 1. The second-order valence-corrected chi connectivity index (χ2v) is 6.89. The largest absolute Gasteiger partial charge is 0.396 e. The van der Waals surface area contributed by atoms with E-state index in [1.807, 2.05) is 0 Å². The van der Waals surface area contributed by atoms with Gasteiger partial charge in [-0.05, 0) is 49.3 Å². The molecule has 1 heterocycles. The van der Waals surface area contributed by atoms with E-state index < -0.39 is 17.2 Å². The maximum absolute atomic E-state index is 13.6. The molecule has 1 aromatic heterocycles. The van der Waals surface area contributed by atoms with Crippen molar-refractivity contribution in [2.45, 2.75) is 33.6 Å². The van der Waals surface area contributed by atoms with Crippen molar-refractivity contribution in [3.63, 3.8) is 0 Å². The molecule has 0 aliphatic carbocycles. The van der Waals surface area contributed by atoms with Crippen LogP contribution in [0, 0.1) is 24.6 Å². The minimum atomic E-state index is -0.506. The molecule has 0 radical (unpaired) electrons. The lowest BCUT2D eigenvalue weighted by atomic mass is 9.94. The summed E-state index contributed by atoms with van der Waals surface area (Å²) in [4.78, 5) is 27.8. The highest BCUT2D eigenvalue weighted by Crippen LogP contribution is 2.16. The van der Waals surface area contributed by atoms with E-state index >= 15 is 0 Å². The van der Waals surface area contributed by atoms with Gasteiger partial charge in [0.25, 0.3) is 5.91 Å². The number of fused-ring (bicyclic) bond motifs is 1. The van der Waals surface area contributed by atoms with Gasteiger partial charge >= 0.3 is 0 Å². The van der Waals surface area contributed by atoms with Crippen LogP contribution in [0.1, 0.15) is 42.6 Å². The SMILES string of the molecule is Cc1cc(F)cc2c(=O)c(C(=O)NC[C@H](CCO)CC(C)C)c[nH]c12. The van der Waals surface area contributed by atoms with Crippen molar-refractivity contribution in [3.8, 4) is 0 Å². The fraction of sp³-hybridized carbons (Fsp3) is 0.474. The van der Waals surface area contributed by atoms with Gasteiger partial charge in [-0.15, -0.1) is 0 Å². The number of benzene rings is 1. The number of carbonyl (C=O) groups excluding carboxylic acids is 1. The van der Waals surface area contributed by atoms with Crippen LogP contribution in [0.3, 0.4) is 0 Å². The summed E-state index contributed by atoms with van der Waals surface area (Å²) in [6, 6.07) is 2.48. The Morgan fingerprint density at radius 3 is 2.72 bits per heavy atom. The van der Waals surface area contributed by atoms with E-state index in [0.29, 0.717) is 30.0 Å². The van der Waals surface area contributed by atoms with Gasteiger partial charge in [0, 0.05) is 24.7 Å². The number of rotatable bonds is 7. The van der Waals surface area contributed by atoms with Gasteiger partial charge in [-0.2, -0.15) is 0 Å². The van der Waals surface area contributed by atoms with E-state index in [0.717, 1.165) is 12.5 Å². The molecule has 136 valence electrons. The number of nitrogens with one attached hydrogen (secondary N) is 2. The summed E-state index contributed by atoms with van der Waals surface area (Å²) in [5, 5.41) is 12.1. The van der Waals surface area contributed by atoms with Crippen molar-refractivity contribution in [3.05, 3.63) is 45.5 Å². The molecule has 5 nitrogen and oxygen atoms in total. The zero-order chi connectivity index (χ0) is 18.6. The van der Waals surface area contributed by atoms with Crippen LogP contribution in [-0.2, 0) is 0 Å². The topological polar surface area (TPSA) is 82.2 Å². The summed E-state index contributed by atoms with van der Waals surface area (Å²) in [5.74, 6) is -0.401.